The van der Waals surface area contributed by atoms with Gasteiger partial charge in [0.1, 0.15) is 4.32 Å². The van der Waals surface area contributed by atoms with Crippen LogP contribution in [0.2, 0.25) is 0 Å². The van der Waals surface area contributed by atoms with E-state index in [4.69, 9.17) is 12.2 Å². The van der Waals surface area contributed by atoms with Crippen LogP contribution in [0.15, 0.2) is 71.2 Å². The van der Waals surface area contributed by atoms with E-state index in [1.54, 1.807) is 18.2 Å². The van der Waals surface area contributed by atoms with Crippen LogP contribution in [0, 0.1) is 0 Å². The average molecular weight is 452 g/mol. The molecule has 0 radical (unpaired) electrons. The number of carboxylic acid groups (broad SMARTS) is 1. The summed E-state index contributed by atoms with van der Waals surface area (Å²) in [7, 11) is 0. The van der Waals surface area contributed by atoms with Gasteiger partial charge in [-0.2, -0.15) is 0 Å². The van der Waals surface area contributed by atoms with Crippen molar-refractivity contribution in [1.82, 2.24) is 4.90 Å². The molecule has 1 saturated heterocycles. The Morgan fingerprint density at radius 3 is 2.52 bits per heavy atom. The molecule has 0 unspecified atom stereocenters. The summed E-state index contributed by atoms with van der Waals surface area (Å²) in [6, 6.07) is 15.7. The Hall–Kier alpha value is -3.23. The number of para-hydroxylation sites is 1. The Kier molecular flexibility index (Phi) is 7.38. The molecule has 1 heterocycles. The second kappa shape index (κ2) is 10.2. The van der Waals surface area contributed by atoms with E-state index in [1.165, 1.54) is 28.8 Å². The predicted octanol–water partition coefficient (Wildman–Crippen LogP) is 3.23. The predicted molar refractivity (Wildman–Crippen MR) is 124 cm³/mol. The Morgan fingerprint density at radius 1 is 1.13 bits per heavy atom. The van der Waals surface area contributed by atoms with E-state index in [9.17, 15) is 19.5 Å². The maximum atomic E-state index is 12.7. The first-order valence-corrected chi connectivity index (χ1v) is 10.7. The molecule has 0 saturated carbocycles. The minimum atomic E-state index is -1.38. The van der Waals surface area contributed by atoms with Crippen molar-refractivity contribution in [2.45, 2.75) is 13.3 Å². The standard InChI is InChI=1S/C23H20N2O4S2/c1-15(13-16-7-3-2-4-8-16)14-19-21(27)25(23(30)31-19)12-11-20(26)24-18-10-6-5-9-17(18)22(28)29/h2-10,13-14H,11-12H2,1H3,(H,24,26)(H,28,29)/p-1/b15-13?,19-14-. The lowest BCUT2D eigenvalue weighted by atomic mass is 10.1. The molecule has 0 spiro atoms. The maximum Gasteiger partial charge on any atom is 0.266 e. The third kappa shape index (κ3) is 5.90. The number of thiocarbonyl (C=S) groups is 1. The van der Waals surface area contributed by atoms with Crippen molar-refractivity contribution in [2.75, 3.05) is 11.9 Å². The molecule has 6 nitrogen and oxygen atoms in total. The fourth-order valence-corrected chi connectivity index (χ4v) is 4.31. The van der Waals surface area contributed by atoms with Crippen molar-refractivity contribution < 1.29 is 19.5 Å². The first-order chi connectivity index (χ1) is 14.8. The minimum absolute atomic E-state index is 0.0278. The Bertz CT molecular complexity index is 1090. The normalized spacial score (nSPS) is 15.5. The van der Waals surface area contributed by atoms with E-state index in [1.807, 2.05) is 43.3 Å². The summed E-state index contributed by atoms with van der Waals surface area (Å²) in [5, 5.41) is 13.7. The first-order valence-electron chi connectivity index (χ1n) is 9.44. The summed E-state index contributed by atoms with van der Waals surface area (Å²) < 4.78 is 0.381. The number of amides is 2. The van der Waals surface area contributed by atoms with Gasteiger partial charge in [0.15, 0.2) is 0 Å². The van der Waals surface area contributed by atoms with Crippen molar-refractivity contribution in [1.29, 1.82) is 0 Å². The van der Waals surface area contributed by atoms with Crippen LogP contribution in [0.4, 0.5) is 5.69 Å². The van der Waals surface area contributed by atoms with Crippen LogP contribution in [0.25, 0.3) is 6.08 Å². The number of nitrogens with zero attached hydrogens (tertiary/aromatic N) is 1. The smallest absolute Gasteiger partial charge is 0.266 e. The quantitative estimate of drug-likeness (QED) is 0.514. The van der Waals surface area contributed by atoms with Crippen LogP contribution in [0.5, 0.6) is 0 Å². The van der Waals surface area contributed by atoms with Crippen LogP contribution in [0.3, 0.4) is 0 Å². The van der Waals surface area contributed by atoms with Crippen molar-refractivity contribution in [3.8, 4) is 0 Å². The lowest BCUT2D eigenvalue weighted by Crippen LogP contribution is -2.32. The van der Waals surface area contributed by atoms with Crippen molar-refractivity contribution in [3.05, 3.63) is 82.3 Å². The number of allylic oxidation sites excluding steroid dienone is 2. The molecule has 0 aliphatic carbocycles. The number of anilines is 1. The number of benzene rings is 2. The van der Waals surface area contributed by atoms with Gasteiger partial charge >= 0.3 is 0 Å². The average Bonchev–Trinajstić information content (AvgIpc) is 2.99. The van der Waals surface area contributed by atoms with Gasteiger partial charge in [-0.1, -0.05) is 78.6 Å². The molecule has 2 amide bonds. The highest BCUT2D eigenvalue weighted by Crippen LogP contribution is 2.32. The fraction of sp³-hybridized carbons (Fsp3) is 0.130. The third-order valence-corrected chi connectivity index (χ3v) is 5.79. The number of carbonyl (C=O) groups excluding carboxylic acids is 3. The van der Waals surface area contributed by atoms with Gasteiger partial charge in [-0.05, 0) is 30.2 Å². The molecule has 0 bridgehead atoms. The molecule has 158 valence electrons. The second-order valence-electron chi connectivity index (χ2n) is 6.76. The molecular weight excluding hydrogens is 432 g/mol. The minimum Gasteiger partial charge on any atom is -0.545 e. The number of aromatic carboxylic acids is 1. The van der Waals surface area contributed by atoms with E-state index in [2.05, 4.69) is 5.32 Å². The molecular formula is C23H19N2O4S2-. The van der Waals surface area contributed by atoms with Gasteiger partial charge in [-0.3, -0.25) is 14.5 Å². The molecule has 2 aromatic rings. The number of carboxylic acids is 1. The van der Waals surface area contributed by atoms with Crippen LogP contribution < -0.4 is 10.4 Å². The summed E-state index contributed by atoms with van der Waals surface area (Å²) in [4.78, 5) is 38.0. The van der Waals surface area contributed by atoms with E-state index in [0.29, 0.717) is 9.23 Å². The fourth-order valence-electron chi connectivity index (χ4n) is 2.95. The Balaban J connectivity index is 1.62. The molecule has 0 aromatic heterocycles. The molecule has 1 N–H and O–H groups in total. The van der Waals surface area contributed by atoms with Crippen LogP contribution in [-0.4, -0.2) is 33.5 Å². The summed E-state index contributed by atoms with van der Waals surface area (Å²) in [6.07, 6.45) is 3.72. The Labute approximate surface area is 189 Å². The zero-order chi connectivity index (χ0) is 22.4. The SMILES string of the molecule is CC(=Cc1ccccc1)/C=C1\SC(=S)N(CCC(=O)Nc2ccccc2C(=O)[O-])C1=O. The topological polar surface area (TPSA) is 89.5 Å². The van der Waals surface area contributed by atoms with Gasteiger partial charge in [-0.15, -0.1) is 0 Å². The molecule has 3 rings (SSSR count). The zero-order valence-electron chi connectivity index (χ0n) is 16.7. The van der Waals surface area contributed by atoms with E-state index in [0.717, 1.165) is 11.1 Å². The number of hydrogen-bond acceptors (Lipinski definition) is 6. The van der Waals surface area contributed by atoms with E-state index in [-0.39, 0.29) is 30.1 Å². The van der Waals surface area contributed by atoms with Gasteiger partial charge in [0.2, 0.25) is 5.91 Å². The molecule has 1 aliphatic heterocycles. The van der Waals surface area contributed by atoms with Crippen LogP contribution >= 0.6 is 24.0 Å². The summed E-state index contributed by atoms with van der Waals surface area (Å²) in [5.41, 5.74) is 1.98. The van der Waals surface area contributed by atoms with Gasteiger partial charge in [0, 0.05) is 24.2 Å². The summed E-state index contributed by atoms with van der Waals surface area (Å²) in [5.74, 6) is -2.05. The van der Waals surface area contributed by atoms with Crippen molar-refractivity contribution >= 4 is 57.8 Å². The highest BCUT2D eigenvalue weighted by molar-refractivity contribution is 8.26. The highest BCUT2D eigenvalue weighted by atomic mass is 32.2. The zero-order valence-corrected chi connectivity index (χ0v) is 18.3. The molecule has 2 aromatic carbocycles. The largest absolute Gasteiger partial charge is 0.545 e. The number of hydrogen-bond donors (Lipinski definition) is 1. The molecule has 1 fully saturated rings. The lowest BCUT2D eigenvalue weighted by molar-refractivity contribution is -0.254. The highest BCUT2D eigenvalue weighted by Gasteiger charge is 2.32. The molecule has 1 aliphatic rings. The van der Waals surface area contributed by atoms with Crippen LogP contribution in [0.1, 0.15) is 29.3 Å². The first kappa shape index (κ1) is 22.5. The van der Waals surface area contributed by atoms with E-state index >= 15 is 0 Å². The monoisotopic (exact) mass is 451 g/mol. The van der Waals surface area contributed by atoms with Gasteiger partial charge in [0.25, 0.3) is 5.91 Å². The maximum absolute atomic E-state index is 12.7. The van der Waals surface area contributed by atoms with E-state index < -0.39 is 11.9 Å². The van der Waals surface area contributed by atoms with Gasteiger partial charge in [0.05, 0.1) is 10.9 Å². The number of carbonyl (C=O) groups is 3. The van der Waals surface area contributed by atoms with Gasteiger partial charge in [-0.25, -0.2) is 0 Å². The number of rotatable bonds is 7. The van der Waals surface area contributed by atoms with Crippen molar-refractivity contribution in [3.63, 3.8) is 0 Å². The molecule has 0 atom stereocenters. The summed E-state index contributed by atoms with van der Waals surface area (Å²) >= 11 is 6.50. The molecule has 31 heavy (non-hydrogen) atoms. The Morgan fingerprint density at radius 2 is 1.81 bits per heavy atom. The number of nitrogens with one attached hydrogen (secondary N) is 1. The summed E-state index contributed by atoms with van der Waals surface area (Å²) in [6.45, 7) is 2.00. The third-order valence-electron chi connectivity index (χ3n) is 4.41. The number of thioether (sulfide) groups is 1. The molecule has 8 heteroatoms. The second-order valence-corrected chi connectivity index (χ2v) is 8.44. The van der Waals surface area contributed by atoms with Crippen molar-refractivity contribution in [2.24, 2.45) is 0 Å². The lowest BCUT2D eigenvalue weighted by Gasteiger charge is -2.15. The van der Waals surface area contributed by atoms with Gasteiger partial charge < -0.3 is 15.2 Å². The van der Waals surface area contributed by atoms with Crippen LogP contribution in [-0.2, 0) is 9.59 Å².